The lowest BCUT2D eigenvalue weighted by atomic mass is 9.92. The van der Waals surface area contributed by atoms with Crippen LogP contribution >= 0.6 is 23.5 Å². The molecular formula is C20H26ClN3O4S. The van der Waals surface area contributed by atoms with Crippen LogP contribution in [-0.4, -0.2) is 42.8 Å². The number of nitrogens with one attached hydrogen (secondary N) is 2. The topological polar surface area (TPSA) is 90.9 Å². The van der Waals surface area contributed by atoms with Crippen LogP contribution < -0.4 is 21.5 Å². The minimum absolute atomic E-state index is 0.0647. The largest absolute Gasteiger partial charge is 0.505 e. The van der Waals surface area contributed by atoms with Crippen molar-refractivity contribution >= 4 is 40.6 Å². The molecule has 1 aliphatic rings. The summed E-state index contributed by atoms with van der Waals surface area (Å²) in [6, 6.07) is 3.24. The van der Waals surface area contributed by atoms with Crippen molar-refractivity contribution in [2.24, 2.45) is 0 Å². The van der Waals surface area contributed by atoms with E-state index in [0.717, 1.165) is 32.1 Å². The van der Waals surface area contributed by atoms with Crippen molar-refractivity contribution in [2.45, 2.75) is 42.5 Å². The number of aromatic hydroxyl groups is 1. The first-order chi connectivity index (χ1) is 13.8. The second-order valence-corrected chi connectivity index (χ2v) is 9.29. The monoisotopic (exact) mass is 439 g/mol. The number of hydrogen-bond donors (Lipinski definition) is 3. The molecule has 1 saturated carbocycles. The van der Waals surface area contributed by atoms with Crippen molar-refractivity contribution in [2.75, 3.05) is 38.4 Å². The maximum absolute atomic E-state index is 12.3. The predicted octanol–water partition coefficient (Wildman–Crippen LogP) is 3.72. The van der Waals surface area contributed by atoms with Crippen LogP contribution in [0.2, 0.25) is 5.02 Å². The Morgan fingerprint density at radius 1 is 1.21 bits per heavy atom. The van der Waals surface area contributed by atoms with Gasteiger partial charge in [-0.15, -0.1) is 0 Å². The van der Waals surface area contributed by atoms with Gasteiger partial charge in [-0.3, -0.25) is 13.9 Å². The van der Waals surface area contributed by atoms with E-state index in [1.54, 1.807) is 23.5 Å². The molecule has 2 aromatic carbocycles. The summed E-state index contributed by atoms with van der Waals surface area (Å²) in [5, 5.41) is 17.3. The van der Waals surface area contributed by atoms with E-state index in [4.69, 9.17) is 16.3 Å². The maximum atomic E-state index is 12.3. The third-order valence-electron chi connectivity index (χ3n) is 5.26. The number of anilines is 3. The summed E-state index contributed by atoms with van der Waals surface area (Å²) < 4.78 is 7.03. The number of hydrogen-bond acceptors (Lipinski definition) is 8. The fraction of sp³-hybridized carbons (Fsp3) is 0.500. The van der Waals surface area contributed by atoms with Crippen LogP contribution in [0.1, 0.15) is 32.1 Å². The summed E-state index contributed by atoms with van der Waals surface area (Å²) in [5.74, 6) is -0.0647. The van der Waals surface area contributed by atoms with Gasteiger partial charge >= 0.3 is 0 Å². The Kier molecular flexibility index (Phi) is 6.78. The highest BCUT2D eigenvalue weighted by Crippen LogP contribution is 2.43. The smallest absolute Gasteiger partial charge is 0.253 e. The predicted molar refractivity (Wildman–Crippen MR) is 119 cm³/mol. The van der Waals surface area contributed by atoms with Crippen LogP contribution in [0.3, 0.4) is 0 Å². The van der Waals surface area contributed by atoms with Gasteiger partial charge < -0.3 is 20.5 Å². The number of benzene rings is 1. The lowest BCUT2D eigenvalue weighted by Gasteiger charge is -2.32. The van der Waals surface area contributed by atoms with Gasteiger partial charge in [0.2, 0.25) is 0 Å². The minimum Gasteiger partial charge on any atom is -0.505 e. The third kappa shape index (κ3) is 4.55. The molecule has 1 fully saturated rings. The first-order valence-corrected chi connectivity index (χ1v) is 10.7. The first-order valence-electron chi connectivity index (χ1n) is 9.52. The molecule has 2 aromatic rings. The zero-order valence-corrected chi connectivity index (χ0v) is 18.4. The molecule has 158 valence electrons. The van der Waals surface area contributed by atoms with Crippen molar-refractivity contribution in [3.63, 3.8) is 0 Å². The molecule has 3 N–H and O–H groups in total. The normalized spacial score (nSPS) is 15.9. The fourth-order valence-electron chi connectivity index (χ4n) is 3.73. The zero-order chi connectivity index (χ0) is 21.2. The molecule has 0 atom stereocenters. The number of methoxy groups -OCH3 is 1. The highest BCUT2D eigenvalue weighted by molar-refractivity contribution is 7.97. The summed E-state index contributed by atoms with van der Waals surface area (Å²) in [6.45, 7) is 0.578. The number of rotatable bonds is 9. The van der Waals surface area contributed by atoms with Gasteiger partial charge in [0.25, 0.3) is 10.9 Å². The van der Waals surface area contributed by atoms with Gasteiger partial charge in [-0.1, -0.05) is 24.4 Å². The van der Waals surface area contributed by atoms with Crippen molar-refractivity contribution in [1.29, 1.82) is 0 Å². The van der Waals surface area contributed by atoms with Crippen LogP contribution in [0.5, 0.6) is 5.75 Å². The number of phenols is 1. The van der Waals surface area contributed by atoms with Gasteiger partial charge in [0.05, 0.1) is 15.6 Å². The molecule has 0 heterocycles. The Morgan fingerprint density at radius 2 is 1.86 bits per heavy atom. The molecule has 3 rings (SSSR count). The minimum atomic E-state index is -0.594. The van der Waals surface area contributed by atoms with Crippen LogP contribution in [0.25, 0.3) is 0 Å². The summed E-state index contributed by atoms with van der Waals surface area (Å²) in [4.78, 5) is 25.0. The summed E-state index contributed by atoms with van der Waals surface area (Å²) in [6.07, 6.45) is 4.74. The van der Waals surface area contributed by atoms with E-state index in [2.05, 4.69) is 10.6 Å². The molecule has 0 bridgehead atoms. The Labute approximate surface area is 179 Å². The molecule has 0 unspecified atom stereocenters. The molecule has 0 spiro atoms. The average molecular weight is 440 g/mol. The molecule has 0 radical (unpaired) electrons. The van der Waals surface area contributed by atoms with Crippen LogP contribution in [0.15, 0.2) is 26.6 Å². The lowest BCUT2D eigenvalue weighted by molar-refractivity contribution is 0.173. The molecule has 9 heteroatoms. The first kappa shape index (κ1) is 22.0. The van der Waals surface area contributed by atoms with Crippen LogP contribution in [-0.2, 0) is 4.74 Å². The summed E-state index contributed by atoms with van der Waals surface area (Å²) in [7, 11) is 5.32. The van der Waals surface area contributed by atoms with Crippen molar-refractivity contribution in [1.82, 2.24) is 4.31 Å². The molecule has 29 heavy (non-hydrogen) atoms. The summed E-state index contributed by atoms with van der Waals surface area (Å²) in [5.41, 5.74) is -0.591. The number of phenolic OH excluding ortho intramolecular Hbond substituents is 1. The van der Waals surface area contributed by atoms with E-state index in [0.29, 0.717) is 22.2 Å². The molecular weight excluding hydrogens is 414 g/mol. The van der Waals surface area contributed by atoms with E-state index < -0.39 is 10.9 Å². The number of ether oxygens (including phenoxy) is 1. The molecule has 7 nitrogen and oxygen atoms in total. The molecule has 1 aliphatic carbocycles. The zero-order valence-electron chi connectivity index (χ0n) is 16.8. The Bertz CT molecular complexity index is 950. The van der Waals surface area contributed by atoms with Crippen molar-refractivity contribution in [3.8, 4) is 5.75 Å². The highest BCUT2D eigenvalue weighted by Gasteiger charge is 2.36. The van der Waals surface area contributed by atoms with Crippen LogP contribution in [0, 0.1) is 0 Å². The standard InChI is InChI=1S/C20H26ClN3O4S/c1-24(2)29-19-12(21)6-7-13(16(19)25)22-14-15(18(27)17(14)26)23-20(10-11-28-3)8-4-5-9-20/h6-7,22-23,25H,4-5,8-11H2,1-3H3. The van der Waals surface area contributed by atoms with Gasteiger partial charge in [-0.05, 0) is 57.4 Å². The molecule has 0 aromatic heterocycles. The van der Waals surface area contributed by atoms with E-state index in [1.165, 1.54) is 11.9 Å². The Hall–Kier alpha value is -1.74. The van der Waals surface area contributed by atoms with Crippen LogP contribution in [0.4, 0.5) is 17.1 Å². The van der Waals surface area contributed by atoms with E-state index in [9.17, 15) is 14.7 Å². The fourth-order valence-corrected chi connectivity index (χ4v) is 4.71. The Balaban J connectivity index is 1.88. The van der Waals surface area contributed by atoms with Gasteiger partial charge in [0, 0.05) is 19.3 Å². The SMILES string of the molecule is COCCC1(Nc2c(Nc3ccc(Cl)c(SN(C)C)c3O)c(=O)c2=O)CCCC1. The molecule has 0 amide bonds. The quantitative estimate of drug-likeness (QED) is 0.309. The number of nitrogens with zero attached hydrogens (tertiary/aromatic N) is 1. The van der Waals surface area contributed by atoms with Gasteiger partial charge in [0.15, 0.2) is 5.75 Å². The second-order valence-electron chi connectivity index (χ2n) is 7.56. The Morgan fingerprint density at radius 3 is 2.48 bits per heavy atom. The van der Waals surface area contributed by atoms with Gasteiger partial charge in [0.1, 0.15) is 11.4 Å². The van der Waals surface area contributed by atoms with E-state index in [1.807, 2.05) is 14.1 Å². The highest BCUT2D eigenvalue weighted by atomic mass is 35.5. The number of halogens is 1. The second kappa shape index (κ2) is 8.95. The third-order valence-corrected chi connectivity index (χ3v) is 6.65. The van der Waals surface area contributed by atoms with Crippen molar-refractivity contribution < 1.29 is 9.84 Å². The van der Waals surface area contributed by atoms with E-state index in [-0.39, 0.29) is 22.7 Å². The van der Waals surface area contributed by atoms with Gasteiger partial charge in [-0.2, -0.15) is 0 Å². The average Bonchev–Trinajstić information content (AvgIpc) is 3.16. The lowest BCUT2D eigenvalue weighted by Crippen LogP contribution is -2.44. The van der Waals surface area contributed by atoms with Crippen molar-refractivity contribution in [3.05, 3.63) is 37.6 Å². The maximum Gasteiger partial charge on any atom is 0.253 e. The van der Waals surface area contributed by atoms with Gasteiger partial charge in [-0.25, -0.2) is 0 Å². The van der Waals surface area contributed by atoms with E-state index >= 15 is 0 Å². The molecule has 0 aliphatic heterocycles. The summed E-state index contributed by atoms with van der Waals surface area (Å²) >= 11 is 7.47. The molecule has 0 saturated heterocycles.